The molecule has 6 heteroatoms. The van der Waals surface area contributed by atoms with Crippen LogP contribution >= 0.6 is 0 Å². The summed E-state index contributed by atoms with van der Waals surface area (Å²) in [5.74, 6) is 2.02. The molecule has 3 heterocycles. The average Bonchev–Trinajstić information content (AvgIpc) is 3.84. The number of fused-ring (bicyclic) bond motifs is 4. The highest BCUT2D eigenvalue weighted by Gasteiger charge is 2.33. The highest BCUT2D eigenvalue weighted by atomic mass is 19.1. The summed E-state index contributed by atoms with van der Waals surface area (Å²) in [7, 11) is 0. The average molecular weight is 869 g/mol. The molecule has 0 unspecified atom stereocenters. The number of halogens is 1. The fraction of sp³-hybridized carbons (Fsp3) is 0.217. The molecule has 9 aromatic rings. The third kappa shape index (κ3) is 7.99. The lowest BCUT2D eigenvalue weighted by Gasteiger charge is -2.30. The van der Waals surface area contributed by atoms with Crippen LogP contribution in [0.1, 0.15) is 79.0 Å². The molecule has 0 radical (unpaired) electrons. The van der Waals surface area contributed by atoms with Gasteiger partial charge in [0.15, 0.2) is 0 Å². The Morgan fingerprint density at radius 1 is 0.485 bits per heavy atom. The van der Waals surface area contributed by atoms with E-state index in [-0.39, 0.29) is 22.1 Å². The Labute approximate surface area is 388 Å². The van der Waals surface area contributed by atoms with Crippen LogP contribution in [0.4, 0.5) is 27.1 Å². The predicted octanol–water partition coefficient (Wildman–Crippen LogP) is 16.6. The molecule has 0 spiro atoms. The third-order valence-corrected chi connectivity index (χ3v) is 13.0. The molecule has 0 aliphatic carbocycles. The minimum absolute atomic E-state index is 0.0287. The quantitative estimate of drug-likeness (QED) is 0.160. The van der Waals surface area contributed by atoms with Crippen LogP contribution in [-0.4, -0.2) is 16.2 Å². The zero-order valence-electron chi connectivity index (χ0n) is 39.4. The normalized spacial score (nSPS) is 13.2. The Hall–Kier alpha value is -7.18. The fourth-order valence-electron chi connectivity index (χ4n) is 9.25. The summed E-state index contributed by atoms with van der Waals surface area (Å²) in [4.78, 5) is 9.82. The molecule has 330 valence electrons. The smallest absolute Gasteiger partial charge is 0.137 e. The zero-order valence-corrected chi connectivity index (χ0v) is 39.4. The number of ether oxygens (including phenoxy) is 1. The van der Waals surface area contributed by atoms with Crippen LogP contribution in [-0.2, 0) is 16.2 Å². The number of para-hydroxylation sites is 1. The lowest BCUT2D eigenvalue weighted by molar-refractivity contribution is 0.483. The molecule has 0 amide bonds. The van der Waals surface area contributed by atoms with Gasteiger partial charge in [-0.3, -0.25) is 4.57 Å². The third-order valence-electron chi connectivity index (χ3n) is 13.0. The molecule has 10 rings (SSSR count). The number of anilines is 4. The second-order valence-corrected chi connectivity index (χ2v) is 20.8. The molecule has 1 aliphatic heterocycles. The van der Waals surface area contributed by atoms with Gasteiger partial charge >= 0.3 is 0 Å². The number of pyridine rings is 1. The molecular weight excluding hydrogens is 812 g/mol. The van der Waals surface area contributed by atoms with Gasteiger partial charge in [0.05, 0.1) is 22.4 Å². The van der Waals surface area contributed by atoms with E-state index >= 15 is 0 Å². The molecule has 0 bridgehead atoms. The van der Waals surface area contributed by atoms with Crippen LogP contribution in [0.25, 0.3) is 49.9 Å². The summed E-state index contributed by atoms with van der Waals surface area (Å²) in [6, 6.07) is 56.6. The second-order valence-electron chi connectivity index (χ2n) is 20.8. The molecule has 0 saturated carbocycles. The monoisotopic (exact) mass is 868 g/mol. The van der Waals surface area contributed by atoms with Gasteiger partial charge in [0.1, 0.15) is 29.8 Å². The molecule has 5 nitrogen and oxygen atoms in total. The van der Waals surface area contributed by atoms with E-state index in [9.17, 15) is 4.39 Å². The lowest BCUT2D eigenvalue weighted by Crippen LogP contribution is -2.25. The van der Waals surface area contributed by atoms with Crippen molar-refractivity contribution in [2.75, 3.05) is 16.5 Å². The van der Waals surface area contributed by atoms with Gasteiger partial charge < -0.3 is 14.5 Å². The Kier molecular flexibility index (Phi) is 10.4. The van der Waals surface area contributed by atoms with Crippen LogP contribution in [0.3, 0.4) is 0 Å². The Morgan fingerprint density at radius 3 is 1.89 bits per heavy atom. The molecule has 0 fully saturated rings. The Bertz CT molecular complexity index is 3260. The summed E-state index contributed by atoms with van der Waals surface area (Å²) < 4.78 is 23.5. The standard InChI is InChI=1S/C60H57FN4O/c1-58(2,3)42-28-29-62-56(35-42)65-53-27-24-41(40-18-13-19-45(61)30-40)31-52(53)51-26-25-49(37-55(51)65)66-48-21-14-20-46(36-48)63-38-64(47-33-43(59(4,5)6)32-44(34-47)60(7,8)9)57-50(22-15-23-54(57)63)39-16-11-10-12-17-39/h10-37H,38H2,1-9H3. The molecule has 7 aromatic carbocycles. The first-order valence-electron chi connectivity index (χ1n) is 23.0. The van der Waals surface area contributed by atoms with Crippen LogP contribution in [0.15, 0.2) is 170 Å². The van der Waals surface area contributed by atoms with Gasteiger partial charge in [-0.1, -0.05) is 135 Å². The topological polar surface area (TPSA) is 33.5 Å². The molecular formula is C60H57FN4O. The van der Waals surface area contributed by atoms with Gasteiger partial charge in [-0.05, 0) is 128 Å². The van der Waals surface area contributed by atoms with Gasteiger partial charge in [0.2, 0.25) is 0 Å². The van der Waals surface area contributed by atoms with Crippen molar-refractivity contribution in [3.63, 3.8) is 0 Å². The predicted molar refractivity (Wildman–Crippen MR) is 274 cm³/mol. The lowest BCUT2D eigenvalue weighted by atomic mass is 9.80. The van der Waals surface area contributed by atoms with Crippen molar-refractivity contribution in [1.82, 2.24) is 9.55 Å². The Morgan fingerprint density at radius 2 is 1.17 bits per heavy atom. The summed E-state index contributed by atoms with van der Waals surface area (Å²) in [5, 5.41) is 2.11. The van der Waals surface area contributed by atoms with E-state index in [1.165, 1.54) is 45.3 Å². The van der Waals surface area contributed by atoms with Crippen molar-refractivity contribution < 1.29 is 9.13 Å². The highest BCUT2D eigenvalue weighted by molar-refractivity contribution is 6.10. The van der Waals surface area contributed by atoms with Crippen LogP contribution in [0, 0.1) is 5.82 Å². The maximum absolute atomic E-state index is 14.4. The van der Waals surface area contributed by atoms with E-state index in [1.807, 2.05) is 24.4 Å². The molecule has 0 saturated heterocycles. The van der Waals surface area contributed by atoms with Gasteiger partial charge in [-0.2, -0.15) is 0 Å². The van der Waals surface area contributed by atoms with E-state index in [4.69, 9.17) is 9.72 Å². The van der Waals surface area contributed by atoms with Crippen molar-refractivity contribution in [3.8, 4) is 39.6 Å². The summed E-state index contributed by atoms with van der Waals surface area (Å²) in [6.45, 7) is 21.1. The van der Waals surface area contributed by atoms with Crippen LogP contribution < -0.4 is 14.5 Å². The van der Waals surface area contributed by atoms with Gasteiger partial charge in [-0.15, -0.1) is 0 Å². The number of hydrogen-bond acceptors (Lipinski definition) is 4. The highest BCUT2D eigenvalue weighted by Crippen LogP contribution is 2.51. The van der Waals surface area contributed by atoms with Crippen molar-refractivity contribution in [1.29, 1.82) is 0 Å². The largest absolute Gasteiger partial charge is 0.457 e. The first-order chi connectivity index (χ1) is 31.5. The molecule has 66 heavy (non-hydrogen) atoms. The van der Waals surface area contributed by atoms with E-state index in [0.29, 0.717) is 12.4 Å². The maximum atomic E-state index is 14.4. The van der Waals surface area contributed by atoms with Crippen LogP contribution in [0.5, 0.6) is 11.5 Å². The van der Waals surface area contributed by atoms with E-state index < -0.39 is 0 Å². The first-order valence-corrected chi connectivity index (χ1v) is 23.0. The van der Waals surface area contributed by atoms with E-state index in [0.717, 1.165) is 55.9 Å². The summed E-state index contributed by atoms with van der Waals surface area (Å²) >= 11 is 0. The number of aromatic nitrogens is 2. The zero-order chi connectivity index (χ0) is 46.1. The summed E-state index contributed by atoms with van der Waals surface area (Å²) in [6.07, 6.45) is 1.89. The van der Waals surface area contributed by atoms with Crippen molar-refractivity contribution in [3.05, 3.63) is 192 Å². The van der Waals surface area contributed by atoms with Crippen molar-refractivity contribution in [2.24, 2.45) is 0 Å². The minimum Gasteiger partial charge on any atom is -0.457 e. The van der Waals surface area contributed by atoms with Gasteiger partial charge in [-0.25, -0.2) is 9.37 Å². The number of nitrogens with zero attached hydrogens (tertiary/aromatic N) is 4. The van der Waals surface area contributed by atoms with Gasteiger partial charge in [0, 0.05) is 46.0 Å². The van der Waals surface area contributed by atoms with E-state index in [2.05, 4.69) is 204 Å². The SMILES string of the molecule is CC(C)(C)c1cc(N2CN(c3cccc(Oc4ccc5c6cc(-c7cccc(F)c7)ccc6n(-c6cc(C(C)(C)C)ccn6)c5c4)c3)c3cccc(-c4ccccc4)c32)cc(C(C)(C)C)c1. The van der Waals surface area contributed by atoms with Crippen molar-refractivity contribution in [2.45, 2.75) is 78.6 Å². The number of rotatable bonds is 7. The molecule has 0 N–H and O–H groups in total. The Balaban J connectivity index is 1.07. The van der Waals surface area contributed by atoms with Crippen LogP contribution in [0.2, 0.25) is 0 Å². The number of benzene rings is 7. The summed E-state index contributed by atoms with van der Waals surface area (Å²) in [5.41, 5.74) is 14.4. The first kappa shape index (κ1) is 42.8. The second kappa shape index (κ2) is 16.1. The molecule has 0 atom stereocenters. The fourth-order valence-corrected chi connectivity index (χ4v) is 9.25. The van der Waals surface area contributed by atoms with E-state index in [1.54, 1.807) is 12.1 Å². The number of hydrogen-bond donors (Lipinski definition) is 0. The minimum atomic E-state index is -0.257. The molecule has 1 aliphatic rings. The van der Waals surface area contributed by atoms with Gasteiger partial charge in [0.25, 0.3) is 0 Å². The van der Waals surface area contributed by atoms with Crippen molar-refractivity contribution >= 4 is 44.6 Å². The maximum Gasteiger partial charge on any atom is 0.137 e. The molecule has 2 aromatic heterocycles.